The summed E-state index contributed by atoms with van der Waals surface area (Å²) in [4.78, 5) is 11.3. The molecule has 1 aromatic heterocycles. The molecular weight excluding hydrogens is 338 g/mol. The number of aromatic nitrogens is 3. The summed E-state index contributed by atoms with van der Waals surface area (Å²) < 4.78 is 12.4. The topological polar surface area (TPSA) is 66.2 Å². The van der Waals surface area contributed by atoms with Crippen molar-refractivity contribution in [3.63, 3.8) is 0 Å². The van der Waals surface area contributed by atoms with Gasteiger partial charge in [0.1, 0.15) is 12.4 Å². The highest BCUT2D eigenvalue weighted by Crippen LogP contribution is 2.39. The van der Waals surface area contributed by atoms with Gasteiger partial charge < -0.3 is 9.47 Å². The van der Waals surface area contributed by atoms with E-state index in [1.54, 1.807) is 6.07 Å². The Morgan fingerprint density at radius 3 is 2.87 bits per heavy atom. The second-order valence-electron chi connectivity index (χ2n) is 5.08. The molecule has 1 saturated carbocycles. The molecule has 0 radical (unpaired) electrons. The number of benzene rings is 1. The fraction of sp³-hybridized carbons (Fsp3) is 0.400. The summed E-state index contributed by atoms with van der Waals surface area (Å²) in [5.41, 5.74) is 0. The van der Waals surface area contributed by atoms with Crippen LogP contribution in [0.3, 0.4) is 0 Å². The zero-order valence-corrected chi connectivity index (χ0v) is 14.1. The van der Waals surface area contributed by atoms with Crippen LogP contribution >= 0.6 is 23.4 Å². The molecule has 8 heteroatoms. The molecule has 1 aliphatic carbocycles. The number of nitrogens with zero attached hydrogens (tertiary/aromatic N) is 3. The maximum atomic E-state index is 11.3. The smallest absolute Gasteiger partial charge is 0.316 e. The molecule has 0 unspecified atom stereocenters. The fourth-order valence-electron chi connectivity index (χ4n) is 2.09. The van der Waals surface area contributed by atoms with E-state index in [-0.39, 0.29) is 18.3 Å². The molecule has 0 saturated heterocycles. The van der Waals surface area contributed by atoms with Crippen LogP contribution in [0.2, 0.25) is 5.02 Å². The van der Waals surface area contributed by atoms with Gasteiger partial charge >= 0.3 is 5.97 Å². The third-order valence-corrected chi connectivity index (χ3v) is 4.62. The Labute approximate surface area is 143 Å². The van der Waals surface area contributed by atoms with Crippen molar-refractivity contribution in [2.45, 2.75) is 30.6 Å². The maximum Gasteiger partial charge on any atom is 0.316 e. The van der Waals surface area contributed by atoms with Crippen LogP contribution in [-0.4, -0.2) is 33.6 Å². The number of carbonyl (C=O) groups is 1. The lowest BCUT2D eigenvalue weighted by atomic mass is 10.3. The van der Waals surface area contributed by atoms with Crippen LogP contribution in [-0.2, 0) is 16.1 Å². The lowest BCUT2D eigenvalue weighted by Crippen LogP contribution is -2.08. The molecule has 23 heavy (non-hydrogen) atoms. The highest BCUT2D eigenvalue weighted by molar-refractivity contribution is 7.99. The van der Waals surface area contributed by atoms with Gasteiger partial charge in [-0.25, -0.2) is 0 Å². The molecule has 1 heterocycles. The Morgan fingerprint density at radius 1 is 1.39 bits per heavy atom. The molecule has 0 aliphatic heterocycles. The molecule has 0 atom stereocenters. The predicted molar refractivity (Wildman–Crippen MR) is 86.8 cm³/mol. The molecule has 1 aliphatic rings. The second-order valence-corrected chi connectivity index (χ2v) is 6.43. The summed E-state index contributed by atoms with van der Waals surface area (Å²) in [6.07, 6.45) is 2.17. The standard InChI is InChI=1S/C15H16ClN3O3S/c1-21-14(20)9-23-15-18-17-13(19(15)10-6-7-10)8-22-12-5-3-2-4-11(12)16/h2-5,10H,6-9H2,1H3. The maximum absolute atomic E-state index is 11.3. The van der Waals surface area contributed by atoms with Gasteiger partial charge in [-0.2, -0.15) is 0 Å². The zero-order valence-electron chi connectivity index (χ0n) is 12.6. The number of halogens is 1. The average Bonchev–Trinajstić information content (AvgIpc) is 3.32. The van der Waals surface area contributed by atoms with Gasteiger partial charge in [0.15, 0.2) is 11.0 Å². The van der Waals surface area contributed by atoms with Crippen LogP contribution < -0.4 is 4.74 Å². The van der Waals surface area contributed by atoms with E-state index in [1.807, 2.05) is 22.8 Å². The van der Waals surface area contributed by atoms with E-state index in [9.17, 15) is 4.79 Å². The molecule has 0 N–H and O–H groups in total. The number of hydrogen-bond acceptors (Lipinski definition) is 6. The first-order valence-electron chi connectivity index (χ1n) is 7.19. The third kappa shape index (κ3) is 3.97. The Balaban J connectivity index is 1.71. The summed E-state index contributed by atoms with van der Waals surface area (Å²) in [6, 6.07) is 7.69. The summed E-state index contributed by atoms with van der Waals surface area (Å²) in [5, 5.41) is 9.65. The molecule has 6 nitrogen and oxygen atoms in total. The molecule has 0 amide bonds. The van der Waals surface area contributed by atoms with Crippen LogP contribution in [0.1, 0.15) is 24.7 Å². The Hall–Kier alpha value is -1.73. The summed E-state index contributed by atoms with van der Waals surface area (Å²) >= 11 is 7.41. The number of thioether (sulfide) groups is 1. The second kappa shape index (κ2) is 7.23. The molecule has 0 spiro atoms. The van der Waals surface area contributed by atoms with Gasteiger partial charge in [-0.1, -0.05) is 35.5 Å². The quantitative estimate of drug-likeness (QED) is 0.563. The van der Waals surface area contributed by atoms with Crippen LogP contribution in [0.5, 0.6) is 5.75 Å². The Morgan fingerprint density at radius 2 is 2.17 bits per heavy atom. The first kappa shape index (κ1) is 16.1. The number of ether oxygens (including phenoxy) is 2. The third-order valence-electron chi connectivity index (χ3n) is 3.39. The van der Waals surface area contributed by atoms with E-state index in [4.69, 9.17) is 16.3 Å². The fourth-order valence-corrected chi connectivity index (χ4v) is 3.14. The Bertz CT molecular complexity index is 703. The van der Waals surface area contributed by atoms with E-state index in [2.05, 4.69) is 14.9 Å². The van der Waals surface area contributed by atoms with Gasteiger partial charge in [0.05, 0.1) is 17.9 Å². The molecule has 0 bridgehead atoms. The van der Waals surface area contributed by atoms with E-state index < -0.39 is 0 Å². The highest BCUT2D eigenvalue weighted by atomic mass is 35.5. The predicted octanol–water partition coefficient (Wildman–Crippen LogP) is 3.11. The molecule has 1 aromatic carbocycles. The molecular formula is C15H16ClN3O3S. The minimum Gasteiger partial charge on any atom is -0.484 e. The Kier molecular flexibility index (Phi) is 5.07. The number of para-hydroxylation sites is 1. The number of carbonyl (C=O) groups excluding carboxylic acids is 1. The largest absolute Gasteiger partial charge is 0.484 e. The van der Waals surface area contributed by atoms with Crippen LogP contribution in [0.15, 0.2) is 29.4 Å². The first-order valence-corrected chi connectivity index (χ1v) is 8.56. The number of methoxy groups -OCH3 is 1. The first-order chi connectivity index (χ1) is 11.2. The van der Waals surface area contributed by atoms with Crippen molar-refractivity contribution in [1.82, 2.24) is 14.8 Å². The highest BCUT2D eigenvalue weighted by Gasteiger charge is 2.30. The van der Waals surface area contributed by atoms with Crippen LogP contribution in [0.25, 0.3) is 0 Å². The van der Waals surface area contributed by atoms with Crippen molar-refractivity contribution < 1.29 is 14.3 Å². The zero-order chi connectivity index (χ0) is 16.2. The van der Waals surface area contributed by atoms with Gasteiger partial charge in [-0.05, 0) is 25.0 Å². The molecule has 2 aromatic rings. The van der Waals surface area contributed by atoms with Crippen LogP contribution in [0.4, 0.5) is 0 Å². The van der Waals surface area contributed by atoms with Crippen molar-refractivity contribution in [2.24, 2.45) is 0 Å². The van der Waals surface area contributed by atoms with E-state index in [0.717, 1.165) is 23.8 Å². The summed E-state index contributed by atoms with van der Waals surface area (Å²) in [7, 11) is 1.37. The molecule has 3 rings (SSSR count). The number of esters is 1. The van der Waals surface area contributed by atoms with Gasteiger partial charge in [0.2, 0.25) is 0 Å². The van der Waals surface area contributed by atoms with E-state index >= 15 is 0 Å². The van der Waals surface area contributed by atoms with Gasteiger partial charge in [-0.15, -0.1) is 10.2 Å². The molecule has 122 valence electrons. The monoisotopic (exact) mass is 353 g/mol. The number of rotatable bonds is 7. The van der Waals surface area contributed by atoms with E-state index in [0.29, 0.717) is 16.8 Å². The minimum atomic E-state index is -0.283. The van der Waals surface area contributed by atoms with Crippen molar-refractivity contribution in [2.75, 3.05) is 12.9 Å². The normalized spacial score (nSPS) is 13.8. The van der Waals surface area contributed by atoms with Gasteiger partial charge in [0, 0.05) is 6.04 Å². The molecule has 1 fully saturated rings. The van der Waals surface area contributed by atoms with Crippen molar-refractivity contribution in [3.8, 4) is 5.75 Å². The number of hydrogen-bond donors (Lipinski definition) is 0. The minimum absolute atomic E-state index is 0.215. The van der Waals surface area contributed by atoms with Crippen LogP contribution in [0, 0.1) is 0 Å². The van der Waals surface area contributed by atoms with Gasteiger partial charge in [-0.3, -0.25) is 9.36 Å². The SMILES string of the molecule is COC(=O)CSc1nnc(COc2ccccc2Cl)n1C1CC1. The van der Waals surface area contributed by atoms with E-state index in [1.165, 1.54) is 18.9 Å². The average molecular weight is 354 g/mol. The summed E-state index contributed by atoms with van der Waals surface area (Å²) in [6.45, 7) is 0.284. The lowest BCUT2D eigenvalue weighted by molar-refractivity contribution is -0.137. The van der Waals surface area contributed by atoms with Gasteiger partial charge in [0.25, 0.3) is 0 Å². The summed E-state index contributed by atoms with van der Waals surface area (Å²) in [5.74, 6) is 1.28. The van der Waals surface area contributed by atoms with Crippen molar-refractivity contribution in [1.29, 1.82) is 0 Å². The van der Waals surface area contributed by atoms with Crippen molar-refractivity contribution >= 4 is 29.3 Å². The van der Waals surface area contributed by atoms with Crippen molar-refractivity contribution in [3.05, 3.63) is 35.1 Å². The lowest BCUT2D eigenvalue weighted by Gasteiger charge is -2.10.